The van der Waals surface area contributed by atoms with E-state index in [0.29, 0.717) is 12.8 Å². The standard InChI is InChI=1S/C13H13BrN2O/c14-10-4-3-5-11(8-10)16-12(17)13(9-15)6-1-2-7-13/h3-5,8H,1-2,6-7H2,(H,16,17). The Hall–Kier alpha value is -1.34. The van der Waals surface area contributed by atoms with E-state index in [1.165, 1.54) is 0 Å². The molecule has 1 N–H and O–H groups in total. The summed E-state index contributed by atoms with van der Waals surface area (Å²) in [7, 11) is 0. The number of benzene rings is 1. The molecule has 1 aromatic carbocycles. The first-order chi connectivity index (χ1) is 8.16. The van der Waals surface area contributed by atoms with Crippen LogP contribution in [0.5, 0.6) is 0 Å². The molecule has 0 unspecified atom stereocenters. The number of halogens is 1. The van der Waals surface area contributed by atoms with Crippen LogP contribution in [0.4, 0.5) is 5.69 Å². The van der Waals surface area contributed by atoms with Crippen molar-refractivity contribution in [3.05, 3.63) is 28.7 Å². The van der Waals surface area contributed by atoms with E-state index in [-0.39, 0.29) is 5.91 Å². The molecule has 1 fully saturated rings. The minimum Gasteiger partial charge on any atom is -0.325 e. The Morgan fingerprint density at radius 1 is 1.41 bits per heavy atom. The summed E-state index contributed by atoms with van der Waals surface area (Å²) in [6, 6.07) is 9.59. The zero-order valence-electron chi connectivity index (χ0n) is 9.37. The largest absolute Gasteiger partial charge is 0.325 e. The predicted octanol–water partition coefficient (Wildman–Crippen LogP) is 3.47. The molecule has 2 rings (SSSR count). The lowest BCUT2D eigenvalue weighted by Crippen LogP contribution is -2.32. The average Bonchev–Trinajstić information content (AvgIpc) is 2.78. The number of hydrogen-bond donors (Lipinski definition) is 1. The molecule has 0 heterocycles. The number of hydrogen-bond acceptors (Lipinski definition) is 2. The summed E-state index contributed by atoms with van der Waals surface area (Å²) in [4.78, 5) is 12.1. The van der Waals surface area contributed by atoms with Crippen LogP contribution >= 0.6 is 15.9 Å². The van der Waals surface area contributed by atoms with Gasteiger partial charge < -0.3 is 5.32 Å². The summed E-state index contributed by atoms with van der Waals surface area (Å²) in [5, 5.41) is 12.0. The van der Waals surface area contributed by atoms with Crippen molar-refractivity contribution in [2.45, 2.75) is 25.7 Å². The van der Waals surface area contributed by atoms with E-state index >= 15 is 0 Å². The van der Waals surface area contributed by atoms with Gasteiger partial charge in [-0.1, -0.05) is 34.8 Å². The third-order valence-corrected chi connectivity index (χ3v) is 3.68. The van der Waals surface area contributed by atoms with E-state index in [9.17, 15) is 10.1 Å². The molecule has 1 aliphatic carbocycles. The number of carbonyl (C=O) groups is 1. The molecule has 1 aliphatic rings. The van der Waals surface area contributed by atoms with Crippen LogP contribution in [0.1, 0.15) is 25.7 Å². The van der Waals surface area contributed by atoms with Crippen LogP contribution in [0.25, 0.3) is 0 Å². The molecule has 3 nitrogen and oxygen atoms in total. The van der Waals surface area contributed by atoms with Crippen LogP contribution in [0.3, 0.4) is 0 Å². The molecule has 0 radical (unpaired) electrons. The molecule has 1 amide bonds. The second kappa shape index (κ2) is 4.89. The maximum atomic E-state index is 12.1. The third kappa shape index (κ3) is 2.50. The number of nitriles is 1. The second-order valence-electron chi connectivity index (χ2n) is 4.37. The van der Waals surface area contributed by atoms with Gasteiger partial charge in [-0.3, -0.25) is 4.79 Å². The highest BCUT2D eigenvalue weighted by molar-refractivity contribution is 9.10. The minimum absolute atomic E-state index is 0.171. The Labute approximate surface area is 109 Å². The van der Waals surface area contributed by atoms with E-state index < -0.39 is 5.41 Å². The first-order valence-electron chi connectivity index (χ1n) is 5.65. The van der Waals surface area contributed by atoms with Crippen LogP contribution in [0, 0.1) is 16.7 Å². The van der Waals surface area contributed by atoms with Crippen molar-refractivity contribution in [2.24, 2.45) is 5.41 Å². The first kappa shape index (κ1) is 12.1. The quantitative estimate of drug-likeness (QED) is 0.907. The van der Waals surface area contributed by atoms with E-state index in [0.717, 1.165) is 23.0 Å². The van der Waals surface area contributed by atoms with Gasteiger partial charge in [0.05, 0.1) is 6.07 Å². The van der Waals surface area contributed by atoms with Crippen molar-refractivity contribution in [3.63, 3.8) is 0 Å². The van der Waals surface area contributed by atoms with E-state index in [1.54, 1.807) is 0 Å². The molecule has 17 heavy (non-hydrogen) atoms. The lowest BCUT2D eigenvalue weighted by atomic mass is 9.87. The Morgan fingerprint density at radius 3 is 2.71 bits per heavy atom. The molecule has 0 aromatic heterocycles. The fraction of sp³-hybridized carbons (Fsp3) is 0.385. The van der Waals surface area contributed by atoms with Crippen molar-refractivity contribution < 1.29 is 4.79 Å². The maximum absolute atomic E-state index is 12.1. The zero-order chi connectivity index (χ0) is 12.3. The summed E-state index contributed by atoms with van der Waals surface area (Å²) in [5.74, 6) is -0.171. The molecular formula is C13H13BrN2O. The van der Waals surface area contributed by atoms with Gasteiger partial charge in [-0.25, -0.2) is 0 Å². The number of nitrogens with zero attached hydrogens (tertiary/aromatic N) is 1. The molecule has 4 heteroatoms. The van der Waals surface area contributed by atoms with Gasteiger partial charge in [0.1, 0.15) is 5.41 Å². The number of amides is 1. The van der Waals surface area contributed by atoms with Gasteiger partial charge in [-0.05, 0) is 31.0 Å². The predicted molar refractivity (Wildman–Crippen MR) is 69.3 cm³/mol. The highest BCUT2D eigenvalue weighted by Crippen LogP contribution is 2.38. The molecule has 0 atom stereocenters. The van der Waals surface area contributed by atoms with Gasteiger partial charge in [-0.15, -0.1) is 0 Å². The Balaban J connectivity index is 2.14. The highest BCUT2D eigenvalue weighted by Gasteiger charge is 2.41. The fourth-order valence-electron chi connectivity index (χ4n) is 2.19. The van der Waals surface area contributed by atoms with Crippen LogP contribution in [0.2, 0.25) is 0 Å². The molecule has 88 valence electrons. The monoisotopic (exact) mass is 292 g/mol. The summed E-state index contributed by atoms with van der Waals surface area (Å²) < 4.78 is 0.910. The van der Waals surface area contributed by atoms with Gasteiger partial charge >= 0.3 is 0 Å². The van der Waals surface area contributed by atoms with Crippen LogP contribution < -0.4 is 5.32 Å². The fourth-order valence-corrected chi connectivity index (χ4v) is 2.58. The van der Waals surface area contributed by atoms with Crippen molar-refractivity contribution in [2.75, 3.05) is 5.32 Å². The summed E-state index contributed by atoms with van der Waals surface area (Å²) in [6.45, 7) is 0. The molecule has 0 spiro atoms. The SMILES string of the molecule is N#CC1(C(=O)Nc2cccc(Br)c2)CCCC1. The van der Waals surface area contributed by atoms with E-state index in [2.05, 4.69) is 27.3 Å². The van der Waals surface area contributed by atoms with Crippen molar-refractivity contribution >= 4 is 27.5 Å². The lowest BCUT2D eigenvalue weighted by Gasteiger charge is -2.19. The van der Waals surface area contributed by atoms with Crippen molar-refractivity contribution in [1.82, 2.24) is 0 Å². The molecule has 0 saturated heterocycles. The Kier molecular flexibility index (Phi) is 3.49. The normalized spacial score (nSPS) is 17.4. The van der Waals surface area contributed by atoms with Gasteiger partial charge in [0, 0.05) is 10.2 Å². The molecule has 0 aliphatic heterocycles. The van der Waals surface area contributed by atoms with Crippen LogP contribution in [0.15, 0.2) is 28.7 Å². The van der Waals surface area contributed by atoms with Gasteiger partial charge in [0.2, 0.25) is 5.91 Å². The lowest BCUT2D eigenvalue weighted by molar-refractivity contribution is -0.122. The molecule has 1 aromatic rings. The molecule has 1 saturated carbocycles. The number of nitrogens with one attached hydrogen (secondary N) is 1. The second-order valence-corrected chi connectivity index (χ2v) is 5.28. The van der Waals surface area contributed by atoms with E-state index in [4.69, 9.17) is 0 Å². The van der Waals surface area contributed by atoms with Gasteiger partial charge in [-0.2, -0.15) is 5.26 Å². The minimum atomic E-state index is -0.817. The number of carbonyl (C=O) groups excluding carboxylic acids is 1. The first-order valence-corrected chi connectivity index (χ1v) is 6.44. The van der Waals surface area contributed by atoms with Crippen LogP contribution in [-0.2, 0) is 4.79 Å². The Morgan fingerprint density at radius 2 is 2.12 bits per heavy atom. The smallest absolute Gasteiger partial charge is 0.244 e. The summed E-state index contributed by atoms with van der Waals surface area (Å²) in [6.07, 6.45) is 3.26. The maximum Gasteiger partial charge on any atom is 0.244 e. The summed E-state index contributed by atoms with van der Waals surface area (Å²) >= 11 is 3.35. The topological polar surface area (TPSA) is 52.9 Å². The average molecular weight is 293 g/mol. The van der Waals surface area contributed by atoms with Crippen molar-refractivity contribution in [1.29, 1.82) is 5.26 Å². The third-order valence-electron chi connectivity index (χ3n) is 3.19. The molecular weight excluding hydrogens is 280 g/mol. The zero-order valence-corrected chi connectivity index (χ0v) is 11.0. The van der Waals surface area contributed by atoms with Crippen molar-refractivity contribution in [3.8, 4) is 6.07 Å². The summed E-state index contributed by atoms with van der Waals surface area (Å²) in [5.41, 5.74) is -0.0895. The number of rotatable bonds is 2. The Bertz CT molecular complexity index is 473. The van der Waals surface area contributed by atoms with E-state index in [1.807, 2.05) is 24.3 Å². The highest BCUT2D eigenvalue weighted by atomic mass is 79.9. The van der Waals surface area contributed by atoms with Crippen LogP contribution in [-0.4, -0.2) is 5.91 Å². The van der Waals surface area contributed by atoms with Gasteiger partial charge in [0.25, 0.3) is 0 Å². The van der Waals surface area contributed by atoms with Gasteiger partial charge in [0.15, 0.2) is 0 Å². The molecule has 0 bridgehead atoms. The number of anilines is 1.